The van der Waals surface area contributed by atoms with Gasteiger partial charge >= 0.3 is 0 Å². The van der Waals surface area contributed by atoms with Crippen LogP contribution in [0.5, 0.6) is 0 Å². The Hall–Kier alpha value is -0.650. The summed E-state index contributed by atoms with van der Waals surface area (Å²) in [4.78, 5) is 11.5. The fourth-order valence-electron chi connectivity index (χ4n) is 1.73. The molecule has 2 N–H and O–H groups in total. The Morgan fingerprint density at radius 3 is 2.56 bits per heavy atom. The molecule has 16 heavy (non-hydrogen) atoms. The molecule has 2 heterocycles. The maximum atomic E-state index is 11.5. The summed E-state index contributed by atoms with van der Waals surface area (Å²) in [7, 11) is 0. The van der Waals surface area contributed by atoms with Crippen LogP contribution in [0.1, 0.15) is 13.8 Å². The molecule has 0 spiro atoms. The van der Waals surface area contributed by atoms with Crippen LogP contribution in [0.3, 0.4) is 0 Å². The van der Waals surface area contributed by atoms with Crippen molar-refractivity contribution in [2.24, 2.45) is 5.41 Å². The van der Waals surface area contributed by atoms with Crippen molar-refractivity contribution in [3.63, 3.8) is 0 Å². The Labute approximate surface area is 95.9 Å². The first-order chi connectivity index (χ1) is 7.52. The van der Waals surface area contributed by atoms with Gasteiger partial charge in [0.1, 0.15) is 6.61 Å². The van der Waals surface area contributed by atoms with E-state index in [9.17, 15) is 4.79 Å². The Morgan fingerprint density at radius 2 is 2.12 bits per heavy atom. The van der Waals surface area contributed by atoms with Crippen molar-refractivity contribution in [2.45, 2.75) is 19.4 Å². The summed E-state index contributed by atoms with van der Waals surface area (Å²) in [5.74, 6) is -0.0405. The van der Waals surface area contributed by atoms with Gasteiger partial charge in [0, 0.05) is 25.0 Å². The molecule has 5 nitrogen and oxygen atoms in total. The van der Waals surface area contributed by atoms with E-state index in [1.165, 1.54) is 0 Å². The fraction of sp³-hybridized carbons (Fsp3) is 0.909. The highest BCUT2D eigenvalue weighted by molar-refractivity contribution is 5.77. The molecule has 0 radical (unpaired) electrons. The van der Waals surface area contributed by atoms with E-state index in [-0.39, 0.29) is 23.5 Å². The minimum Gasteiger partial charge on any atom is -0.380 e. The Morgan fingerprint density at radius 1 is 1.44 bits per heavy atom. The molecular formula is C11H20N2O3. The fourth-order valence-corrected chi connectivity index (χ4v) is 1.73. The predicted molar refractivity (Wildman–Crippen MR) is 59.2 cm³/mol. The first kappa shape index (κ1) is 11.8. The zero-order valence-electron chi connectivity index (χ0n) is 9.97. The van der Waals surface area contributed by atoms with Crippen LogP contribution in [0.2, 0.25) is 0 Å². The minimum absolute atomic E-state index is 0.0405. The smallest absolute Gasteiger partial charge is 0.246 e. The lowest BCUT2D eigenvalue weighted by atomic mass is 9.89. The van der Waals surface area contributed by atoms with Gasteiger partial charge in [0.2, 0.25) is 5.91 Å². The van der Waals surface area contributed by atoms with E-state index in [1.54, 1.807) is 0 Å². The van der Waals surface area contributed by atoms with Gasteiger partial charge in [0.25, 0.3) is 0 Å². The van der Waals surface area contributed by atoms with Gasteiger partial charge in [-0.25, -0.2) is 0 Å². The van der Waals surface area contributed by atoms with Crippen LogP contribution in [0, 0.1) is 5.41 Å². The second kappa shape index (κ2) is 4.31. The molecule has 0 atom stereocenters. The van der Waals surface area contributed by atoms with Crippen molar-refractivity contribution in [1.82, 2.24) is 10.6 Å². The molecule has 0 saturated carbocycles. The Bertz CT molecular complexity index is 246. The second-order valence-electron chi connectivity index (χ2n) is 5.42. The third-order valence-electron chi connectivity index (χ3n) is 3.16. The molecule has 0 aliphatic carbocycles. The highest BCUT2D eigenvalue weighted by atomic mass is 16.5. The predicted octanol–water partition coefficient (Wildman–Crippen LogP) is -0.482. The van der Waals surface area contributed by atoms with Crippen LogP contribution >= 0.6 is 0 Å². The molecule has 2 aliphatic heterocycles. The van der Waals surface area contributed by atoms with Gasteiger partial charge < -0.3 is 20.1 Å². The highest BCUT2D eigenvalue weighted by Crippen LogP contribution is 2.25. The summed E-state index contributed by atoms with van der Waals surface area (Å²) in [6.07, 6.45) is 0. The summed E-state index contributed by atoms with van der Waals surface area (Å²) in [6.45, 7) is 8.05. The summed E-state index contributed by atoms with van der Waals surface area (Å²) < 4.78 is 10.7. The highest BCUT2D eigenvalue weighted by Gasteiger charge is 2.35. The van der Waals surface area contributed by atoms with Crippen LogP contribution in [0.25, 0.3) is 0 Å². The molecule has 0 aromatic heterocycles. The van der Waals surface area contributed by atoms with Gasteiger partial charge in [-0.15, -0.1) is 0 Å². The van der Waals surface area contributed by atoms with Gasteiger partial charge in [-0.1, -0.05) is 6.92 Å². The quantitative estimate of drug-likeness (QED) is 0.667. The normalized spacial score (nSPS) is 25.4. The van der Waals surface area contributed by atoms with E-state index >= 15 is 0 Å². The maximum absolute atomic E-state index is 11.5. The molecule has 0 unspecified atom stereocenters. The first-order valence-corrected chi connectivity index (χ1v) is 5.71. The van der Waals surface area contributed by atoms with Gasteiger partial charge in [0.15, 0.2) is 0 Å². The molecule has 2 fully saturated rings. The van der Waals surface area contributed by atoms with E-state index in [4.69, 9.17) is 9.47 Å². The third kappa shape index (κ3) is 2.72. The summed E-state index contributed by atoms with van der Waals surface area (Å²) in [5, 5.41) is 6.01. The maximum Gasteiger partial charge on any atom is 0.246 e. The van der Waals surface area contributed by atoms with Crippen molar-refractivity contribution < 1.29 is 14.3 Å². The lowest BCUT2D eigenvalue weighted by molar-refractivity contribution is -0.139. The molecule has 5 heteroatoms. The molecule has 2 rings (SSSR count). The van der Waals surface area contributed by atoms with Gasteiger partial charge in [-0.2, -0.15) is 0 Å². The zero-order valence-corrected chi connectivity index (χ0v) is 9.97. The Kier molecular flexibility index (Phi) is 3.19. The number of nitrogens with one attached hydrogen (secondary N) is 2. The monoisotopic (exact) mass is 228 g/mol. The lowest BCUT2D eigenvalue weighted by Gasteiger charge is -2.39. The molecule has 2 saturated heterocycles. The molecule has 1 amide bonds. The zero-order chi connectivity index (χ0) is 11.6. The van der Waals surface area contributed by atoms with Crippen LogP contribution in [-0.2, 0) is 14.3 Å². The number of carbonyl (C=O) groups is 1. The summed E-state index contributed by atoms with van der Waals surface area (Å²) in [5.41, 5.74) is -0.0294. The van der Waals surface area contributed by atoms with E-state index in [2.05, 4.69) is 17.6 Å². The number of rotatable bonds is 5. The minimum atomic E-state index is -0.152. The first-order valence-electron chi connectivity index (χ1n) is 5.71. The summed E-state index contributed by atoms with van der Waals surface area (Å²) in [6, 6.07) is 0. The largest absolute Gasteiger partial charge is 0.380 e. The van der Waals surface area contributed by atoms with Gasteiger partial charge in [-0.05, 0) is 6.92 Å². The van der Waals surface area contributed by atoms with E-state index in [1.807, 2.05) is 6.92 Å². The van der Waals surface area contributed by atoms with E-state index in [0.717, 1.165) is 26.3 Å². The number of carbonyl (C=O) groups excluding carboxylic acids is 1. The number of ether oxygens (including phenoxy) is 2. The topological polar surface area (TPSA) is 59.6 Å². The SMILES string of the molecule is CC1(CNC(=O)COC2(C)CNC2)COC1. The average molecular weight is 228 g/mol. The number of amides is 1. The van der Waals surface area contributed by atoms with Crippen molar-refractivity contribution >= 4 is 5.91 Å². The van der Waals surface area contributed by atoms with Crippen molar-refractivity contribution in [3.8, 4) is 0 Å². The summed E-state index contributed by atoms with van der Waals surface area (Å²) >= 11 is 0. The third-order valence-corrected chi connectivity index (χ3v) is 3.16. The van der Waals surface area contributed by atoms with Gasteiger partial charge in [-0.3, -0.25) is 4.79 Å². The van der Waals surface area contributed by atoms with Crippen LogP contribution in [0.4, 0.5) is 0 Å². The molecular weight excluding hydrogens is 208 g/mol. The standard InChI is InChI=1S/C11H20N2O3/c1-10(7-15-8-10)4-13-9(14)3-16-11(2)5-12-6-11/h12H,3-8H2,1-2H3,(H,13,14). The molecule has 0 aromatic carbocycles. The molecule has 2 aliphatic rings. The molecule has 92 valence electrons. The number of hydrogen-bond donors (Lipinski definition) is 2. The second-order valence-corrected chi connectivity index (χ2v) is 5.42. The van der Waals surface area contributed by atoms with Gasteiger partial charge in [0.05, 0.1) is 18.8 Å². The van der Waals surface area contributed by atoms with Crippen molar-refractivity contribution in [1.29, 1.82) is 0 Å². The van der Waals surface area contributed by atoms with Crippen molar-refractivity contribution in [2.75, 3.05) is 39.5 Å². The Balaban J connectivity index is 1.61. The van der Waals surface area contributed by atoms with E-state index in [0.29, 0.717) is 6.54 Å². The van der Waals surface area contributed by atoms with Crippen LogP contribution < -0.4 is 10.6 Å². The number of hydrogen-bond acceptors (Lipinski definition) is 4. The van der Waals surface area contributed by atoms with E-state index < -0.39 is 0 Å². The average Bonchev–Trinajstić information content (AvgIpc) is 2.18. The van der Waals surface area contributed by atoms with Crippen LogP contribution in [-0.4, -0.2) is 51.0 Å². The van der Waals surface area contributed by atoms with Crippen molar-refractivity contribution in [3.05, 3.63) is 0 Å². The van der Waals surface area contributed by atoms with Crippen LogP contribution in [0.15, 0.2) is 0 Å². The molecule has 0 bridgehead atoms. The lowest BCUT2D eigenvalue weighted by Crippen LogP contribution is -2.60. The molecule has 0 aromatic rings.